The van der Waals surface area contributed by atoms with Crippen LogP contribution in [0.4, 0.5) is 4.79 Å². The highest BCUT2D eigenvalue weighted by atomic mass is 127. The van der Waals surface area contributed by atoms with Gasteiger partial charge in [-0.15, -0.1) is 0 Å². The number of aliphatic hydroxyl groups excluding tert-OH is 1. The van der Waals surface area contributed by atoms with E-state index in [1.54, 1.807) is 70.7 Å². The molecule has 2 aliphatic rings. The summed E-state index contributed by atoms with van der Waals surface area (Å²) in [5.41, 5.74) is 0.698. The standard InChI is InChI=1S/C46H76IN5O9S2/c1-13-29(6)40(50(9)45(57)38(27(2)3)49-44(56)39(28(4)5)51(10)46(58)61-34-23-17-18-24-36(34)62-63-47)35(59-11)26-37(53)52-25-19-22-33(52)42(60-12)30(7)43(55)48-31(8)41(54)32-20-15-14-16-21-32/h14-16,20-21,27-31,33-36,38-42,54H,13,17-19,22-26H2,1-12H3,(H,48,55)(H,49,56)/t29-,30+,31+,33-,34-,35+,36-,38-,39-,40-,41+,42+/m0/s1. The maximum absolute atomic E-state index is 14.6. The largest absolute Gasteiger partial charge is 0.445 e. The molecule has 12 atom stereocenters. The highest BCUT2D eigenvalue weighted by molar-refractivity contribution is 14.2. The number of ether oxygens (including phenoxy) is 3. The van der Waals surface area contributed by atoms with E-state index >= 15 is 0 Å². The number of hydrogen-bond acceptors (Lipinski definition) is 11. The summed E-state index contributed by atoms with van der Waals surface area (Å²) in [4.78, 5) is 75.0. The molecular formula is C46H76IN5O9S2. The van der Waals surface area contributed by atoms with Crippen molar-refractivity contribution in [3.8, 4) is 0 Å². The van der Waals surface area contributed by atoms with Crippen LogP contribution in [0.15, 0.2) is 30.3 Å². The van der Waals surface area contributed by atoms with E-state index in [-0.39, 0.29) is 59.3 Å². The number of aliphatic hydroxyl groups is 1. The van der Waals surface area contributed by atoms with Crippen LogP contribution in [0.2, 0.25) is 0 Å². The summed E-state index contributed by atoms with van der Waals surface area (Å²) in [6.45, 7) is 15.5. The third-order valence-electron chi connectivity index (χ3n) is 13.1. The first-order valence-corrected chi connectivity index (χ1v) is 27.4. The molecule has 2 fully saturated rings. The molecule has 1 saturated heterocycles. The van der Waals surface area contributed by atoms with Crippen LogP contribution in [0.5, 0.6) is 0 Å². The van der Waals surface area contributed by atoms with E-state index in [0.29, 0.717) is 24.9 Å². The van der Waals surface area contributed by atoms with E-state index in [9.17, 15) is 29.1 Å². The van der Waals surface area contributed by atoms with Crippen LogP contribution in [-0.2, 0) is 33.4 Å². The Morgan fingerprint density at radius 2 is 1.52 bits per heavy atom. The molecule has 1 heterocycles. The number of nitrogens with one attached hydrogen (secondary N) is 2. The lowest BCUT2D eigenvalue weighted by Crippen LogP contribution is -2.60. The molecule has 0 unspecified atom stereocenters. The lowest BCUT2D eigenvalue weighted by atomic mass is 9.89. The zero-order valence-electron chi connectivity index (χ0n) is 39.6. The molecule has 1 saturated carbocycles. The molecule has 1 aromatic rings. The topological polar surface area (TPSA) is 167 Å². The van der Waals surface area contributed by atoms with Crippen LogP contribution in [0.25, 0.3) is 0 Å². The molecule has 0 radical (unpaired) electrons. The number of nitrogens with zero attached hydrogens (tertiary/aromatic N) is 3. The fourth-order valence-corrected chi connectivity index (χ4v) is 13.3. The van der Waals surface area contributed by atoms with Crippen molar-refractivity contribution in [1.82, 2.24) is 25.3 Å². The van der Waals surface area contributed by atoms with Gasteiger partial charge in [0.05, 0.1) is 54.0 Å². The van der Waals surface area contributed by atoms with Crippen molar-refractivity contribution in [2.75, 3.05) is 34.9 Å². The molecule has 1 aromatic carbocycles. The third kappa shape index (κ3) is 14.8. The Bertz CT molecular complexity index is 1610. The van der Waals surface area contributed by atoms with Gasteiger partial charge in [0.2, 0.25) is 23.6 Å². The Hall–Kier alpha value is -2.32. The Labute approximate surface area is 397 Å². The number of likely N-dealkylation sites (tertiary alicyclic amines) is 1. The van der Waals surface area contributed by atoms with Gasteiger partial charge in [0, 0.05) is 56.1 Å². The number of methoxy groups -OCH3 is 2. The molecule has 358 valence electrons. The van der Waals surface area contributed by atoms with Gasteiger partial charge in [-0.1, -0.05) is 102 Å². The number of carbonyl (C=O) groups is 5. The zero-order chi connectivity index (χ0) is 47.1. The van der Waals surface area contributed by atoms with Crippen molar-refractivity contribution in [3.63, 3.8) is 0 Å². The molecule has 14 nitrogen and oxygen atoms in total. The molecule has 63 heavy (non-hydrogen) atoms. The number of hydrogen-bond donors (Lipinski definition) is 3. The molecule has 1 aliphatic heterocycles. The summed E-state index contributed by atoms with van der Waals surface area (Å²) in [7, 11) is 9.71. The number of likely N-dealkylation sites (N-methyl/N-ethyl adjacent to an activating group) is 2. The van der Waals surface area contributed by atoms with Crippen LogP contribution < -0.4 is 10.6 Å². The van der Waals surface area contributed by atoms with Gasteiger partial charge in [-0.25, -0.2) is 4.79 Å². The molecule has 1 aliphatic carbocycles. The van der Waals surface area contributed by atoms with Gasteiger partial charge in [-0.2, -0.15) is 0 Å². The second-order valence-electron chi connectivity index (χ2n) is 18.2. The molecule has 3 rings (SSSR count). The summed E-state index contributed by atoms with van der Waals surface area (Å²) in [6.07, 6.45) is 2.87. The van der Waals surface area contributed by atoms with Crippen LogP contribution in [0.3, 0.4) is 0 Å². The number of rotatable bonds is 23. The average Bonchev–Trinajstić information content (AvgIpc) is 3.75. The summed E-state index contributed by atoms with van der Waals surface area (Å²) in [6, 6.07) is 5.88. The van der Waals surface area contributed by atoms with E-state index in [4.69, 9.17) is 14.2 Å². The van der Waals surface area contributed by atoms with Crippen molar-refractivity contribution >= 4 is 69.7 Å². The molecule has 3 N–H and O–H groups in total. The Kier molecular flexibility index (Phi) is 23.3. The normalized spacial score (nSPS) is 22.2. The highest BCUT2D eigenvalue weighted by Crippen LogP contribution is 2.41. The van der Waals surface area contributed by atoms with Gasteiger partial charge in [0.15, 0.2) is 0 Å². The van der Waals surface area contributed by atoms with Gasteiger partial charge in [0.1, 0.15) is 18.2 Å². The predicted molar refractivity (Wildman–Crippen MR) is 260 cm³/mol. The number of carbonyl (C=O) groups excluding carboxylic acids is 5. The zero-order valence-corrected chi connectivity index (χ0v) is 43.4. The molecule has 0 spiro atoms. The van der Waals surface area contributed by atoms with Gasteiger partial charge in [-0.05, 0) is 70.3 Å². The molecule has 17 heteroatoms. The maximum Gasteiger partial charge on any atom is 0.410 e. The monoisotopic (exact) mass is 1030 g/mol. The summed E-state index contributed by atoms with van der Waals surface area (Å²) in [5.74, 6) is -2.53. The third-order valence-corrected chi connectivity index (χ3v) is 16.8. The highest BCUT2D eigenvalue weighted by Gasteiger charge is 2.44. The van der Waals surface area contributed by atoms with Gasteiger partial charge in [0.25, 0.3) is 0 Å². The van der Waals surface area contributed by atoms with Gasteiger partial charge in [-0.3, -0.25) is 24.1 Å². The Morgan fingerprint density at radius 3 is 2.10 bits per heavy atom. The van der Waals surface area contributed by atoms with Crippen molar-refractivity contribution in [2.45, 2.75) is 167 Å². The van der Waals surface area contributed by atoms with E-state index in [1.165, 1.54) is 4.90 Å². The molecular weight excluding hydrogens is 958 g/mol. The number of halogens is 1. The SMILES string of the molecule is CC[C@H](C)[C@@H]([C@@H](CC(=O)N1CCC[C@H]1[C@H](OC)[C@@H](C)C(=O)N[C@H](C)[C@@H](O)c1ccccc1)OC)N(C)C(=O)[C@@H](NC(=O)[C@H](C(C)C)N(C)C(=O)O[C@H]1CCCC[C@@H]1SSI)C(C)C. The Balaban J connectivity index is 1.76. The number of amides is 5. The first-order chi connectivity index (χ1) is 29.8. The van der Waals surface area contributed by atoms with E-state index < -0.39 is 60.4 Å². The van der Waals surface area contributed by atoms with Crippen LogP contribution in [0.1, 0.15) is 118 Å². The second kappa shape index (κ2) is 26.7. The lowest BCUT2D eigenvalue weighted by molar-refractivity contribution is -0.148. The van der Waals surface area contributed by atoms with Crippen LogP contribution >= 0.6 is 40.0 Å². The lowest BCUT2D eigenvalue weighted by Gasteiger charge is -2.41. The molecule has 0 bridgehead atoms. The van der Waals surface area contributed by atoms with Crippen molar-refractivity contribution in [3.05, 3.63) is 35.9 Å². The van der Waals surface area contributed by atoms with Crippen LogP contribution in [0, 0.1) is 23.7 Å². The maximum atomic E-state index is 14.6. The van der Waals surface area contributed by atoms with E-state index in [1.807, 2.05) is 71.9 Å². The predicted octanol–water partition coefficient (Wildman–Crippen LogP) is 7.42. The fraction of sp³-hybridized carbons (Fsp3) is 0.761. The Morgan fingerprint density at radius 1 is 0.873 bits per heavy atom. The minimum absolute atomic E-state index is 0.0190. The van der Waals surface area contributed by atoms with E-state index in [2.05, 4.69) is 31.8 Å². The molecule has 5 amide bonds. The van der Waals surface area contributed by atoms with Crippen LogP contribution in [-0.4, -0.2) is 138 Å². The minimum atomic E-state index is -0.928. The van der Waals surface area contributed by atoms with Crippen molar-refractivity contribution < 1.29 is 43.3 Å². The summed E-state index contributed by atoms with van der Waals surface area (Å²) < 4.78 is 18.0. The molecule has 0 aromatic heterocycles. The van der Waals surface area contributed by atoms with E-state index in [0.717, 1.165) is 32.1 Å². The first kappa shape index (κ1) is 55.0. The minimum Gasteiger partial charge on any atom is -0.445 e. The first-order valence-electron chi connectivity index (χ1n) is 22.7. The smallest absolute Gasteiger partial charge is 0.410 e. The quantitative estimate of drug-likeness (QED) is 0.0738. The summed E-state index contributed by atoms with van der Waals surface area (Å²) in [5, 5.41) is 17.0. The second-order valence-corrected chi connectivity index (χ2v) is 23.3. The van der Waals surface area contributed by atoms with Gasteiger partial charge >= 0.3 is 6.09 Å². The number of benzene rings is 1. The fourth-order valence-electron chi connectivity index (χ4n) is 9.26. The average molecular weight is 1030 g/mol. The van der Waals surface area contributed by atoms with Gasteiger partial charge < -0.3 is 39.8 Å². The summed E-state index contributed by atoms with van der Waals surface area (Å²) >= 11 is 2.24. The van der Waals surface area contributed by atoms with Crippen molar-refractivity contribution in [1.29, 1.82) is 0 Å². The van der Waals surface area contributed by atoms with Crippen molar-refractivity contribution in [2.24, 2.45) is 23.7 Å².